The van der Waals surface area contributed by atoms with Gasteiger partial charge in [-0.25, -0.2) is 0 Å². The highest BCUT2D eigenvalue weighted by molar-refractivity contribution is 5.70. The van der Waals surface area contributed by atoms with Gasteiger partial charge in [-0.05, 0) is 25.8 Å². The molecule has 0 aliphatic carbocycles. The van der Waals surface area contributed by atoms with Gasteiger partial charge in [0.15, 0.2) is 0 Å². The molecule has 0 saturated carbocycles. The van der Waals surface area contributed by atoms with E-state index < -0.39 is 23.7 Å². The van der Waals surface area contributed by atoms with Crippen molar-refractivity contribution in [3.05, 3.63) is 17.0 Å². The Morgan fingerprint density at radius 3 is 2.18 bits per heavy atom. The van der Waals surface area contributed by atoms with Crippen LogP contribution in [0, 0.1) is 19.3 Å². The fourth-order valence-electron chi connectivity index (χ4n) is 2.33. The van der Waals surface area contributed by atoms with Crippen molar-refractivity contribution in [3.63, 3.8) is 0 Å². The van der Waals surface area contributed by atoms with Crippen molar-refractivity contribution in [1.82, 2.24) is 9.78 Å². The summed E-state index contributed by atoms with van der Waals surface area (Å²) in [5, 5.41) is 4.21. The highest BCUT2D eigenvalue weighted by Crippen LogP contribution is 2.36. The van der Waals surface area contributed by atoms with E-state index in [1.165, 1.54) is 20.8 Å². The summed E-state index contributed by atoms with van der Waals surface area (Å²) in [5.74, 6) is -0.847. The largest absolute Gasteiger partial charge is 0.452 e. The molecule has 0 N–H and O–H groups in total. The van der Waals surface area contributed by atoms with Gasteiger partial charge in [-0.1, -0.05) is 20.8 Å². The highest BCUT2D eigenvalue weighted by atomic mass is 19.4. The Balaban J connectivity index is 2.73. The molecule has 1 atom stereocenters. The first-order chi connectivity index (χ1) is 9.84. The fraction of sp³-hybridized carbons (Fsp3) is 0.733. The Kier molecular flexibility index (Phi) is 5.30. The number of nitrogens with zero attached hydrogens (tertiary/aromatic N) is 2. The molecule has 1 rings (SSSR count). The molecule has 4 nitrogen and oxygen atoms in total. The Bertz CT molecular complexity index is 528. The molecule has 126 valence electrons. The highest BCUT2D eigenvalue weighted by Gasteiger charge is 2.49. The van der Waals surface area contributed by atoms with Gasteiger partial charge in [-0.2, -0.15) is 18.3 Å². The van der Waals surface area contributed by atoms with Crippen molar-refractivity contribution < 1.29 is 22.7 Å². The second kappa shape index (κ2) is 6.30. The quantitative estimate of drug-likeness (QED) is 0.798. The summed E-state index contributed by atoms with van der Waals surface area (Å²) in [6.45, 7) is 7.85. The van der Waals surface area contributed by atoms with Crippen LogP contribution in [0.3, 0.4) is 0 Å². The molecule has 1 aromatic heterocycles. The van der Waals surface area contributed by atoms with E-state index >= 15 is 0 Å². The molecule has 0 aliphatic heterocycles. The molecule has 0 saturated heterocycles. The van der Waals surface area contributed by atoms with Crippen molar-refractivity contribution in [3.8, 4) is 0 Å². The summed E-state index contributed by atoms with van der Waals surface area (Å²) in [7, 11) is 1.78. The molecule has 0 bridgehead atoms. The standard InChI is InChI=1S/C15H23F3N2O2/c1-9-11(10(2)20(6)19-9)7-8-12(21)22-13(14(3,4)5)15(16,17)18/h13H,7-8H2,1-6H3. The van der Waals surface area contributed by atoms with Gasteiger partial charge >= 0.3 is 12.1 Å². The Hall–Kier alpha value is -1.53. The van der Waals surface area contributed by atoms with Crippen LogP contribution in [0.25, 0.3) is 0 Å². The zero-order chi connectivity index (χ0) is 17.3. The van der Waals surface area contributed by atoms with Crippen LogP contribution in [-0.4, -0.2) is 28.0 Å². The molecule has 1 unspecified atom stereocenters. The monoisotopic (exact) mass is 320 g/mol. The van der Waals surface area contributed by atoms with Gasteiger partial charge in [0.25, 0.3) is 0 Å². The van der Waals surface area contributed by atoms with Gasteiger partial charge in [-0.3, -0.25) is 9.48 Å². The third-order valence-electron chi connectivity index (χ3n) is 3.57. The van der Waals surface area contributed by atoms with Crippen molar-refractivity contribution >= 4 is 5.97 Å². The van der Waals surface area contributed by atoms with Gasteiger partial charge < -0.3 is 4.74 Å². The number of alkyl halides is 3. The minimum atomic E-state index is -4.58. The van der Waals surface area contributed by atoms with Crippen LogP contribution >= 0.6 is 0 Å². The number of rotatable bonds is 4. The lowest BCUT2D eigenvalue weighted by Gasteiger charge is -2.31. The number of aromatic nitrogens is 2. The fourth-order valence-corrected chi connectivity index (χ4v) is 2.33. The van der Waals surface area contributed by atoms with Crippen molar-refractivity contribution in [2.45, 2.75) is 59.7 Å². The third kappa shape index (κ3) is 4.48. The Labute approximate surface area is 128 Å². The summed E-state index contributed by atoms with van der Waals surface area (Å²) >= 11 is 0. The van der Waals surface area contributed by atoms with Crippen molar-refractivity contribution in [2.24, 2.45) is 12.5 Å². The lowest BCUT2D eigenvalue weighted by Crippen LogP contribution is -2.43. The van der Waals surface area contributed by atoms with Gasteiger partial charge in [0.05, 0.1) is 5.69 Å². The second-order valence-corrected chi connectivity index (χ2v) is 6.55. The summed E-state index contributed by atoms with van der Waals surface area (Å²) in [5.41, 5.74) is 1.34. The average Bonchev–Trinajstić information content (AvgIpc) is 2.55. The minimum Gasteiger partial charge on any atom is -0.452 e. The van der Waals surface area contributed by atoms with E-state index in [0.717, 1.165) is 17.0 Å². The zero-order valence-electron chi connectivity index (χ0n) is 13.8. The molecule has 0 spiro atoms. The van der Waals surface area contributed by atoms with Crippen LogP contribution in [0.4, 0.5) is 13.2 Å². The molecule has 0 aromatic carbocycles. The first kappa shape index (κ1) is 18.5. The van der Waals surface area contributed by atoms with E-state index in [0.29, 0.717) is 6.42 Å². The predicted molar refractivity (Wildman–Crippen MR) is 76.4 cm³/mol. The second-order valence-electron chi connectivity index (χ2n) is 6.55. The van der Waals surface area contributed by atoms with E-state index in [1.807, 2.05) is 6.92 Å². The van der Waals surface area contributed by atoms with E-state index in [1.54, 1.807) is 18.7 Å². The topological polar surface area (TPSA) is 44.1 Å². The molecule has 7 heteroatoms. The molecular weight excluding hydrogens is 297 g/mol. The molecule has 0 fully saturated rings. The maximum Gasteiger partial charge on any atom is 0.426 e. The number of ether oxygens (including phenoxy) is 1. The van der Waals surface area contributed by atoms with E-state index in [9.17, 15) is 18.0 Å². The van der Waals surface area contributed by atoms with Crippen LogP contribution in [0.1, 0.15) is 44.1 Å². The summed E-state index contributed by atoms with van der Waals surface area (Å²) in [6.07, 6.45) is -6.47. The maximum absolute atomic E-state index is 13.0. The van der Waals surface area contributed by atoms with Crippen LogP contribution < -0.4 is 0 Å². The zero-order valence-corrected chi connectivity index (χ0v) is 13.8. The van der Waals surface area contributed by atoms with Crippen LogP contribution in [0.5, 0.6) is 0 Å². The average molecular weight is 320 g/mol. The van der Waals surface area contributed by atoms with E-state index in [2.05, 4.69) is 5.10 Å². The number of hydrogen-bond acceptors (Lipinski definition) is 3. The Morgan fingerprint density at radius 1 is 1.27 bits per heavy atom. The number of aryl methyl sites for hydroxylation is 2. The first-order valence-electron chi connectivity index (χ1n) is 7.09. The Morgan fingerprint density at radius 2 is 1.82 bits per heavy atom. The molecule has 22 heavy (non-hydrogen) atoms. The summed E-state index contributed by atoms with van der Waals surface area (Å²) in [6, 6.07) is 0. The lowest BCUT2D eigenvalue weighted by atomic mass is 9.88. The van der Waals surface area contributed by atoms with Crippen LogP contribution in [0.15, 0.2) is 0 Å². The minimum absolute atomic E-state index is 0.101. The number of halogens is 3. The van der Waals surface area contributed by atoms with Gasteiger partial charge in [0, 0.05) is 24.6 Å². The summed E-state index contributed by atoms with van der Waals surface area (Å²) < 4.78 is 45.3. The van der Waals surface area contributed by atoms with Crippen molar-refractivity contribution in [2.75, 3.05) is 0 Å². The lowest BCUT2D eigenvalue weighted by molar-refractivity contribution is -0.244. The number of esters is 1. The van der Waals surface area contributed by atoms with E-state index in [4.69, 9.17) is 4.74 Å². The normalized spacial score (nSPS) is 14.0. The molecule has 0 aliphatic rings. The molecule has 0 radical (unpaired) electrons. The molecular formula is C15H23F3N2O2. The first-order valence-corrected chi connectivity index (χ1v) is 7.09. The van der Waals surface area contributed by atoms with Crippen LogP contribution in [-0.2, 0) is 23.0 Å². The van der Waals surface area contributed by atoms with Gasteiger partial charge in [0.2, 0.25) is 6.10 Å². The predicted octanol–water partition coefficient (Wildman–Crippen LogP) is 3.49. The number of carbonyl (C=O) groups is 1. The van der Waals surface area contributed by atoms with Gasteiger partial charge in [-0.15, -0.1) is 0 Å². The molecule has 1 aromatic rings. The van der Waals surface area contributed by atoms with Crippen LogP contribution in [0.2, 0.25) is 0 Å². The molecule has 1 heterocycles. The smallest absolute Gasteiger partial charge is 0.426 e. The van der Waals surface area contributed by atoms with E-state index in [-0.39, 0.29) is 6.42 Å². The summed E-state index contributed by atoms with van der Waals surface area (Å²) in [4.78, 5) is 11.8. The van der Waals surface area contributed by atoms with Crippen molar-refractivity contribution in [1.29, 1.82) is 0 Å². The SMILES string of the molecule is Cc1nn(C)c(C)c1CCC(=O)OC(C(C)(C)C)C(F)(F)F. The van der Waals surface area contributed by atoms with Gasteiger partial charge in [0.1, 0.15) is 0 Å². The number of hydrogen-bond donors (Lipinski definition) is 0. The number of carbonyl (C=O) groups excluding carboxylic acids is 1. The third-order valence-corrected chi connectivity index (χ3v) is 3.57. The maximum atomic E-state index is 13.0. The molecule has 0 amide bonds.